The number of amides is 2. The van der Waals surface area contributed by atoms with E-state index in [0.717, 1.165) is 21.7 Å². The average Bonchev–Trinajstić information content (AvgIpc) is 2.92. The molecular weight excluding hydrogens is 550 g/mol. The van der Waals surface area contributed by atoms with Crippen LogP contribution in [0.15, 0.2) is 78.9 Å². The molecule has 0 aliphatic rings. The first kappa shape index (κ1) is 31.0. The molecular formula is C30H36ClN3O5S. The first-order valence-corrected chi connectivity index (χ1v) is 15.2. The monoisotopic (exact) mass is 585 g/mol. The fraction of sp³-hybridized carbons (Fsp3) is 0.333. The molecule has 1 unspecified atom stereocenters. The van der Waals surface area contributed by atoms with Gasteiger partial charge in [0.15, 0.2) is 0 Å². The quantitative estimate of drug-likeness (QED) is 0.309. The highest BCUT2D eigenvalue weighted by molar-refractivity contribution is 7.92. The highest BCUT2D eigenvalue weighted by atomic mass is 35.5. The second-order valence-corrected chi connectivity index (χ2v) is 12.3. The SMILES string of the molecule is CC(C)CNC(=O)C(C)N(Cc1cccc(Cl)c1)C(=O)CN(c1ccc(OCc2ccccc2)cc1)S(C)(=O)=O. The van der Waals surface area contributed by atoms with Gasteiger partial charge in [-0.05, 0) is 60.4 Å². The first-order chi connectivity index (χ1) is 18.9. The van der Waals surface area contributed by atoms with Gasteiger partial charge in [-0.15, -0.1) is 0 Å². The molecule has 1 atom stereocenters. The maximum Gasteiger partial charge on any atom is 0.244 e. The predicted molar refractivity (Wildman–Crippen MR) is 159 cm³/mol. The number of sulfonamides is 1. The standard InChI is InChI=1S/C30H36ClN3O5S/c1-22(2)18-32-30(36)23(3)33(19-25-11-8-12-26(31)17-25)29(35)20-34(40(4,37)38)27-13-15-28(16-14-27)39-21-24-9-6-5-7-10-24/h5-17,22-23H,18-21H2,1-4H3,(H,32,36). The molecule has 3 rings (SSSR count). The number of rotatable bonds is 13. The molecule has 0 heterocycles. The van der Waals surface area contributed by atoms with Crippen LogP contribution >= 0.6 is 11.6 Å². The van der Waals surface area contributed by atoms with Crippen molar-refractivity contribution in [2.24, 2.45) is 5.92 Å². The first-order valence-electron chi connectivity index (χ1n) is 13.0. The van der Waals surface area contributed by atoms with Gasteiger partial charge in [-0.3, -0.25) is 13.9 Å². The van der Waals surface area contributed by atoms with Crippen LogP contribution in [0.25, 0.3) is 0 Å². The number of halogens is 1. The minimum Gasteiger partial charge on any atom is -0.489 e. The molecule has 0 radical (unpaired) electrons. The second kappa shape index (κ2) is 14.2. The summed E-state index contributed by atoms with van der Waals surface area (Å²) in [4.78, 5) is 28.0. The summed E-state index contributed by atoms with van der Waals surface area (Å²) in [6.45, 7) is 6.00. The van der Waals surface area contributed by atoms with E-state index in [1.54, 1.807) is 55.5 Å². The summed E-state index contributed by atoms with van der Waals surface area (Å²) in [5, 5.41) is 3.35. The molecule has 0 saturated carbocycles. The van der Waals surface area contributed by atoms with Crippen LogP contribution in [-0.4, -0.2) is 50.5 Å². The molecule has 0 fully saturated rings. The molecule has 3 aromatic carbocycles. The number of benzene rings is 3. The molecule has 0 bridgehead atoms. The van der Waals surface area contributed by atoms with Crippen LogP contribution in [-0.2, 0) is 32.8 Å². The Hall–Kier alpha value is -3.56. The number of anilines is 1. The van der Waals surface area contributed by atoms with Crippen LogP contribution in [0.3, 0.4) is 0 Å². The number of nitrogens with one attached hydrogen (secondary N) is 1. The zero-order chi connectivity index (χ0) is 29.3. The van der Waals surface area contributed by atoms with E-state index in [2.05, 4.69) is 5.32 Å². The predicted octanol–water partition coefficient (Wildman–Crippen LogP) is 4.87. The molecule has 8 nitrogen and oxygen atoms in total. The number of hydrogen-bond donors (Lipinski definition) is 1. The van der Waals surface area contributed by atoms with Crippen molar-refractivity contribution < 1.29 is 22.7 Å². The molecule has 3 aromatic rings. The smallest absolute Gasteiger partial charge is 0.244 e. The summed E-state index contributed by atoms with van der Waals surface area (Å²) < 4.78 is 32.4. The fourth-order valence-electron chi connectivity index (χ4n) is 3.93. The number of hydrogen-bond acceptors (Lipinski definition) is 5. The van der Waals surface area contributed by atoms with Gasteiger partial charge in [0, 0.05) is 18.1 Å². The maximum absolute atomic E-state index is 13.7. The lowest BCUT2D eigenvalue weighted by molar-refractivity contribution is -0.139. The molecule has 0 aliphatic heterocycles. The Balaban J connectivity index is 1.81. The van der Waals surface area contributed by atoms with Crippen molar-refractivity contribution in [1.82, 2.24) is 10.2 Å². The van der Waals surface area contributed by atoms with E-state index < -0.39 is 28.5 Å². The molecule has 0 saturated heterocycles. The summed E-state index contributed by atoms with van der Waals surface area (Å²) in [5.74, 6) is -0.0593. The number of carbonyl (C=O) groups excluding carboxylic acids is 2. The Bertz CT molecular complexity index is 1380. The van der Waals surface area contributed by atoms with Crippen molar-refractivity contribution in [1.29, 1.82) is 0 Å². The van der Waals surface area contributed by atoms with Crippen LogP contribution in [0.2, 0.25) is 5.02 Å². The van der Waals surface area contributed by atoms with E-state index in [0.29, 0.717) is 29.6 Å². The van der Waals surface area contributed by atoms with Gasteiger partial charge in [-0.1, -0.05) is 67.9 Å². The van der Waals surface area contributed by atoms with Crippen LogP contribution in [0.1, 0.15) is 31.9 Å². The molecule has 1 N–H and O–H groups in total. The minimum atomic E-state index is -3.84. The average molecular weight is 586 g/mol. The van der Waals surface area contributed by atoms with E-state index in [-0.39, 0.29) is 18.4 Å². The Morgan fingerprint density at radius 1 is 0.925 bits per heavy atom. The van der Waals surface area contributed by atoms with E-state index in [1.165, 1.54) is 4.90 Å². The summed E-state index contributed by atoms with van der Waals surface area (Å²) in [5.41, 5.74) is 2.03. The van der Waals surface area contributed by atoms with Gasteiger partial charge in [-0.25, -0.2) is 8.42 Å². The lowest BCUT2D eigenvalue weighted by Gasteiger charge is -2.31. The molecule has 2 amide bonds. The van der Waals surface area contributed by atoms with Gasteiger partial charge in [0.25, 0.3) is 0 Å². The van der Waals surface area contributed by atoms with Crippen LogP contribution < -0.4 is 14.4 Å². The number of nitrogens with zero attached hydrogens (tertiary/aromatic N) is 2. The van der Waals surface area contributed by atoms with Gasteiger partial charge < -0.3 is 15.0 Å². The molecule has 10 heteroatoms. The Morgan fingerprint density at radius 3 is 2.17 bits per heavy atom. The van der Waals surface area contributed by atoms with Crippen LogP contribution in [0.5, 0.6) is 5.75 Å². The van der Waals surface area contributed by atoms with Gasteiger partial charge in [-0.2, -0.15) is 0 Å². The maximum atomic E-state index is 13.7. The largest absolute Gasteiger partial charge is 0.489 e. The van der Waals surface area contributed by atoms with E-state index in [9.17, 15) is 18.0 Å². The van der Waals surface area contributed by atoms with Crippen LogP contribution in [0.4, 0.5) is 5.69 Å². The molecule has 214 valence electrons. The molecule has 0 spiro atoms. The third kappa shape index (κ3) is 9.27. The zero-order valence-corrected chi connectivity index (χ0v) is 24.8. The van der Waals surface area contributed by atoms with Gasteiger partial charge in [0.2, 0.25) is 21.8 Å². The van der Waals surface area contributed by atoms with Crippen molar-refractivity contribution >= 4 is 39.1 Å². The molecule has 40 heavy (non-hydrogen) atoms. The van der Waals surface area contributed by atoms with Crippen molar-refractivity contribution in [2.75, 3.05) is 23.7 Å². The Labute approximate surface area is 241 Å². The fourth-order valence-corrected chi connectivity index (χ4v) is 4.99. The molecule has 0 aliphatic carbocycles. The lowest BCUT2D eigenvalue weighted by atomic mass is 10.1. The summed E-state index contributed by atoms with van der Waals surface area (Å²) >= 11 is 6.15. The summed E-state index contributed by atoms with van der Waals surface area (Å²) in [7, 11) is -3.84. The Kier molecular flexibility index (Phi) is 11.0. The van der Waals surface area contributed by atoms with Crippen molar-refractivity contribution in [2.45, 2.75) is 40.0 Å². The summed E-state index contributed by atoms with van der Waals surface area (Å²) in [6.07, 6.45) is 1.04. The summed E-state index contributed by atoms with van der Waals surface area (Å²) in [6, 6.07) is 22.3. The lowest BCUT2D eigenvalue weighted by Crippen LogP contribution is -2.51. The highest BCUT2D eigenvalue weighted by Gasteiger charge is 2.30. The number of carbonyl (C=O) groups is 2. The second-order valence-electron chi connectivity index (χ2n) is 10.0. The Morgan fingerprint density at radius 2 is 1.57 bits per heavy atom. The van der Waals surface area contributed by atoms with Crippen molar-refractivity contribution in [3.05, 3.63) is 95.0 Å². The van der Waals surface area contributed by atoms with Crippen molar-refractivity contribution in [3.63, 3.8) is 0 Å². The topological polar surface area (TPSA) is 96.0 Å². The zero-order valence-electron chi connectivity index (χ0n) is 23.2. The third-order valence-corrected chi connectivity index (χ3v) is 7.52. The minimum absolute atomic E-state index is 0.0829. The van der Waals surface area contributed by atoms with E-state index in [1.807, 2.05) is 44.2 Å². The van der Waals surface area contributed by atoms with E-state index in [4.69, 9.17) is 16.3 Å². The van der Waals surface area contributed by atoms with Gasteiger partial charge in [0.1, 0.15) is 24.9 Å². The number of ether oxygens (including phenoxy) is 1. The highest BCUT2D eigenvalue weighted by Crippen LogP contribution is 2.23. The van der Waals surface area contributed by atoms with Crippen LogP contribution in [0, 0.1) is 5.92 Å². The normalized spacial score (nSPS) is 12.1. The van der Waals surface area contributed by atoms with Gasteiger partial charge >= 0.3 is 0 Å². The third-order valence-electron chi connectivity index (χ3n) is 6.15. The molecule has 0 aromatic heterocycles. The van der Waals surface area contributed by atoms with E-state index >= 15 is 0 Å². The van der Waals surface area contributed by atoms with Gasteiger partial charge in [0.05, 0.1) is 11.9 Å². The van der Waals surface area contributed by atoms with Crippen molar-refractivity contribution in [3.8, 4) is 5.75 Å².